The third-order valence-corrected chi connectivity index (χ3v) is 42.7. The van der Waals surface area contributed by atoms with E-state index in [0.717, 1.165) is 212 Å². The fourth-order valence-electron chi connectivity index (χ4n) is 16.6. The molecule has 0 amide bonds. The van der Waals surface area contributed by atoms with Crippen LogP contribution in [0.2, 0.25) is 0 Å². The minimum absolute atomic E-state index is 1.05. The molecule has 0 fully saturated rings. The Balaban J connectivity index is 0.857. The minimum atomic E-state index is 1.05. The zero-order valence-corrected chi connectivity index (χ0v) is 96.4. The Morgan fingerprint density at radius 2 is 0.144 bits per heavy atom. The van der Waals surface area contributed by atoms with Gasteiger partial charge in [0.05, 0.1) is 45.4 Å². The summed E-state index contributed by atoms with van der Waals surface area (Å²) in [4.78, 5) is 14.1. The van der Waals surface area contributed by atoms with Gasteiger partial charge in [0.2, 0.25) is 0 Å². The van der Waals surface area contributed by atoms with Crippen LogP contribution in [-0.2, 0) is 0 Å². The summed E-state index contributed by atoms with van der Waals surface area (Å²) in [5.41, 5.74) is 33.1. The number of halogens is 12. The highest BCUT2D eigenvalue weighted by atomic mass is 79.9. The summed E-state index contributed by atoms with van der Waals surface area (Å²) in [6, 6.07) is 125. The van der Waals surface area contributed by atoms with E-state index in [1.807, 2.05) is 0 Å². The van der Waals surface area contributed by atoms with Crippen molar-refractivity contribution in [2.24, 2.45) is 0 Å². The lowest BCUT2D eigenvalue weighted by Gasteiger charge is -2.19. The third-order valence-electron chi connectivity index (χ3n) is 22.6. The molecule has 0 spiro atoms. The largest absolute Gasteiger partial charge is 0.128 e. The van der Waals surface area contributed by atoms with Gasteiger partial charge >= 0.3 is 0 Å². The second-order valence-electron chi connectivity index (χ2n) is 31.2. The van der Waals surface area contributed by atoms with Crippen LogP contribution in [0.3, 0.4) is 0 Å². The smallest absolute Gasteiger partial charge is 0.0705 e. The van der Waals surface area contributed by atoms with Gasteiger partial charge in [-0.25, -0.2) is 0 Å². The number of thiophene rings is 12. The molecule has 0 aliphatic carbocycles. The van der Waals surface area contributed by atoms with Crippen LogP contribution in [0.4, 0.5) is 0 Å². The number of hydrogen-bond donors (Lipinski definition) is 0. The maximum absolute atomic E-state index is 3.89. The van der Waals surface area contributed by atoms with E-state index in [1.165, 1.54) is 58.5 Å². The Kier molecular flexibility index (Phi) is 27.2. The molecule has 0 aliphatic rings. The Labute approximate surface area is 912 Å². The first-order chi connectivity index (χ1) is 64.0. The van der Waals surface area contributed by atoms with Crippen molar-refractivity contribution >= 4 is 327 Å². The van der Waals surface area contributed by atoms with Crippen LogP contribution in [0.25, 0.3) is 225 Å². The van der Waals surface area contributed by atoms with E-state index in [1.54, 1.807) is 136 Å². The molecule has 0 saturated carbocycles. The van der Waals surface area contributed by atoms with Crippen molar-refractivity contribution < 1.29 is 0 Å². The molecule has 0 radical (unpaired) electrons. The summed E-state index contributed by atoms with van der Waals surface area (Å²) in [7, 11) is 0. The molecule has 0 N–H and O–H groups in total. The van der Waals surface area contributed by atoms with Crippen molar-refractivity contribution in [1.82, 2.24) is 0 Å². The second-order valence-corrected chi connectivity index (χ2v) is 60.8. The molecule has 24 heteroatoms. The molecule has 0 unspecified atom stereocenters. The first kappa shape index (κ1) is 91.4. The van der Waals surface area contributed by atoms with Crippen LogP contribution in [0.1, 0.15) is 0 Å². The summed E-state index contributed by atoms with van der Waals surface area (Å²) in [5, 5.41) is 0. The lowest BCUT2D eigenvalue weighted by molar-refractivity contribution is 1.53. The maximum Gasteiger partial charge on any atom is 0.0705 e. The molecule has 0 saturated heterocycles. The lowest BCUT2D eigenvalue weighted by Crippen LogP contribution is -1.93. The molecule has 0 aliphatic heterocycles. The van der Waals surface area contributed by atoms with Crippen molar-refractivity contribution in [2.45, 2.75) is 0 Å². The molecule has 12 heterocycles. The summed E-state index contributed by atoms with van der Waals surface area (Å²) in [5.74, 6) is 0. The summed E-state index contributed by atoms with van der Waals surface area (Å²) in [6.45, 7) is 0. The van der Waals surface area contributed by atoms with Gasteiger partial charge in [0.25, 0.3) is 0 Å². The first-order valence-corrected chi connectivity index (χ1v) is 60.0. The van der Waals surface area contributed by atoms with Gasteiger partial charge in [0.1, 0.15) is 0 Å². The van der Waals surface area contributed by atoms with Gasteiger partial charge in [-0.15, -0.1) is 136 Å². The highest BCUT2D eigenvalue weighted by molar-refractivity contribution is 9.13. The SMILES string of the molecule is Brc1ccc(-c2cc(-c3cc(-c4cc(-c5cc(-c6cc(-c7ccc(Br)s7)cc(-c7ccc(Br)s7)c6)cc(-c6cc(-c7ccc(Br)s7)cc(-c7ccc(Br)s7)c6)c5)cc(-c5cc(-c6cc(-c7ccc(Br)s7)cc(-c7ccc(Br)s7)c6)cc(-c6cc(-c7ccc(Br)s7)cc(-c7ccc(Br)s7)c6)c5)c4)cc(-c4cc(-c5ccc(Br)s5)cc(-c5ccc(Br)s5)c4)c3)cc(-c3ccc(Br)s3)c2)s1. The van der Waals surface area contributed by atoms with Crippen LogP contribution in [-0.4, -0.2) is 0 Å². The van der Waals surface area contributed by atoms with Crippen LogP contribution in [0.15, 0.2) is 373 Å². The van der Waals surface area contributed by atoms with Gasteiger partial charge in [-0.1, -0.05) is 0 Å². The third kappa shape index (κ3) is 20.2. The van der Waals surface area contributed by atoms with E-state index in [-0.39, 0.29) is 0 Å². The van der Waals surface area contributed by atoms with Gasteiger partial charge in [-0.05, 0) is 686 Å². The van der Waals surface area contributed by atoms with Crippen LogP contribution in [0.5, 0.6) is 0 Å². The van der Waals surface area contributed by atoms with Crippen molar-refractivity contribution in [3.05, 3.63) is 373 Å². The Bertz CT molecular complexity index is 6700. The maximum atomic E-state index is 3.89. The monoisotopic (exact) mass is 2680 g/mol. The fraction of sp³-hybridized carbons (Fsp3) is 0. The van der Waals surface area contributed by atoms with E-state index >= 15 is 0 Å². The molecular formula is C108H54Br12S12. The van der Waals surface area contributed by atoms with E-state index in [4.69, 9.17) is 0 Å². The molecule has 10 aromatic carbocycles. The molecule has 642 valence electrons. The van der Waals surface area contributed by atoms with Crippen molar-refractivity contribution in [3.63, 3.8) is 0 Å². The lowest BCUT2D eigenvalue weighted by atomic mass is 9.86. The quantitative estimate of drug-likeness (QED) is 0.0673. The van der Waals surface area contributed by atoms with Crippen molar-refractivity contribution in [1.29, 1.82) is 0 Å². The minimum Gasteiger partial charge on any atom is -0.128 e. The second kappa shape index (κ2) is 39.2. The normalized spacial score (nSPS) is 11.6. The van der Waals surface area contributed by atoms with Crippen molar-refractivity contribution in [2.75, 3.05) is 0 Å². The molecule has 22 aromatic rings. The number of rotatable bonds is 21. The van der Waals surface area contributed by atoms with Crippen LogP contribution >= 0.6 is 327 Å². The molecular weight excluding hydrogens is 2640 g/mol. The molecule has 0 atom stereocenters. The Hall–Kier alpha value is -5.64. The predicted molar refractivity (Wildman–Crippen MR) is 628 cm³/mol. The van der Waals surface area contributed by atoms with Gasteiger partial charge < -0.3 is 0 Å². The van der Waals surface area contributed by atoms with Gasteiger partial charge in [-0.2, -0.15) is 0 Å². The standard InChI is InChI=1S/C108H54Br12S12/c109-97-13-1-85(121-97)73-37-67(38-74(49-73)86-2-14-98(110)122-86)61-28-58(29-62(34-61)68-39-75(87-3-15-99(111)123-87)50-76(40-68)88-4-16-100(112)124-88)55-25-56(59-30-63(69-41-77(89-5-17-101(113)125-89)51-78(42-69)90-6-18-102(114)126-90)35-64(31-59)70-43-79(91-7-19-103(115)127-91)52-80(44-70)92-8-20-104(116)128-92)27-57(26-55)60-32-65(71-45-81(93-9-21-105(117)129-93)53-82(46-71)94-10-22-106(118)130-94)36-66(33-60)72-47-83(95-11-23-107(119)131-95)54-84(48-72)96-12-24-108(120)132-96/h1-54H. The highest BCUT2D eigenvalue weighted by Gasteiger charge is 2.24. The molecule has 132 heavy (non-hydrogen) atoms. The summed E-state index contributed by atoms with van der Waals surface area (Å²) < 4.78 is 12.9. The first-order valence-electron chi connectivity index (χ1n) is 40.7. The molecule has 0 nitrogen and oxygen atoms in total. The number of hydrogen-bond acceptors (Lipinski definition) is 12. The van der Waals surface area contributed by atoms with E-state index in [0.29, 0.717) is 0 Å². The van der Waals surface area contributed by atoms with Crippen LogP contribution < -0.4 is 0 Å². The van der Waals surface area contributed by atoms with Crippen molar-refractivity contribution in [3.8, 4) is 225 Å². The Morgan fingerprint density at radius 1 is 0.0833 bits per heavy atom. The van der Waals surface area contributed by atoms with Gasteiger partial charge in [0.15, 0.2) is 0 Å². The molecule has 22 rings (SSSR count). The van der Waals surface area contributed by atoms with E-state index in [2.05, 4.69) is 519 Å². The predicted octanol–water partition coefficient (Wildman–Crippen LogP) is 46.6. The fourth-order valence-corrected chi connectivity index (χ4v) is 33.1. The highest BCUT2D eigenvalue weighted by Crippen LogP contribution is 2.53. The Morgan fingerprint density at radius 3 is 0.205 bits per heavy atom. The topological polar surface area (TPSA) is 0 Å². The van der Waals surface area contributed by atoms with E-state index < -0.39 is 0 Å². The average molecular weight is 2700 g/mol. The van der Waals surface area contributed by atoms with Gasteiger partial charge in [-0.3, -0.25) is 0 Å². The molecule has 12 aromatic heterocycles. The zero-order valence-electron chi connectivity index (χ0n) is 67.6. The average Bonchev–Trinajstić information content (AvgIpc) is 1.09. The van der Waals surface area contributed by atoms with E-state index in [9.17, 15) is 0 Å². The summed E-state index contributed by atoms with van der Waals surface area (Å²) in [6.07, 6.45) is 0. The van der Waals surface area contributed by atoms with Crippen LogP contribution in [0, 0.1) is 0 Å². The zero-order chi connectivity index (χ0) is 89.8. The summed E-state index contributed by atoms with van der Waals surface area (Å²) >= 11 is 67.7. The number of benzene rings is 10. The van der Waals surface area contributed by atoms with Gasteiger partial charge in [0, 0.05) is 58.5 Å². The molecule has 0 bridgehead atoms.